The number of aromatic amines is 1. The zero-order chi connectivity index (χ0) is 54.9. The number of piperidine rings is 1. The van der Waals surface area contributed by atoms with Crippen molar-refractivity contribution in [2.24, 2.45) is 11.3 Å². The summed E-state index contributed by atoms with van der Waals surface area (Å²) in [7, 11) is -3.28. The predicted molar refractivity (Wildman–Crippen MR) is 297 cm³/mol. The molecular formula is C59H71FN10O7S. The van der Waals surface area contributed by atoms with E-state index in [0.29, 0.717) is 36.9 Å². The number of amides is 1. The van der Waals surface area contributed by atoms with Crippen molar-refractivity contribution in [3.05, 3.63) is 130 Å². The smallest absolute Gasteiger partial charge is 0.268 e. The zero-order valence-electron chi connectivity index (χ0n) is 45.1. The molecule has 5 N–H and O–H groups in total. The van der Waals surface area contributed by atoms with Crippen LogP contribution in [0.5, 0.6) is 17.4 Å². The molecule has 2 aliphatic carbocycles. The number of quaternary nitrogens is 1. The van der Waals surface area contributed by atoms with Gasteiger partial charge in [-0.1, -0.05) is 50.2 Å². The molecule has 2 saturated carbocycles. The van der Waals surface area contributed by atoms with Crippen LogP contribution in [0.3, 0.4) is 0 Å². The maximum atomic E-state index is 15.0. The van der Waals surface area contributed by atoms with Crippen LogP contribution in [0.15, 0.2) is 96.2 Å². The summed E-state index contributed by atoms with van der Waals surface area (Å²) >= 11 is 0. The first-order chi connectivity index (χ1) is 37.4. The summed E-state index contributed by atoms with van der Waals surface area (Å²) in [6, 6.07) is 27.4. The van der Waals surface area contributed by atoms with E-state index in [0.717, 1.165) is 89.7 Å². The van der Waals surface area contributed by atoms with Gasteiger partial charge in [0, 0.05) is 88.0 Å². The Morgan fingerprint density at radius 1 is 1.01 bits per heavy atom. The molecular weight excluding hydrogens is 1010 g/mol. The molecule has 3 aromatic heterocycles. The first-order valence-corrected chi connectivity index (χ1v) is 28.9. The molecule has 2 saturated heterocycles. The summed E-state index contributed by atoms with van der Waals surface area (Å²) in [6.07, 6.45) is 9.29. The fraction of sp³-hybridized carbons (Fsp3) is 0.458. The number of benzene rings is 3. The summed E-state index contributed by atoms with van der Waals surface area (Å²) in [4.78, 5) is 33.1. The number of ether oxygens (including phenoxy) is 2. The van der Waals surface area contributed by atoms with E-state index in [9.17, 15) is 28.8 Å². The highest BCUT2D eigenvalue weighted by Crippen LogP contribution is 2.53. The number of rotatable bonds is 17. The van der Waals surface area contributed by atoms with E-state index in [1.54, 1.807) is 19.1 Å². The third kappa shape index (κ3) is 11.8. The predicted octanol–water partition coefficient (Wildman–Crippen LogP) is 8.71. The van der Waals surface area contributed by atoms with E-state index >= 15 is 4.39 Å². The summed E-state index contributed by atoms with van der Waals surface area (Å²) in [6.45, 7) is 14.0. The van der Waals surface area contributed by atoms with Crippen LogP contribution in [-0.2, 0) is 16.6 Å². The minimum absolute atomic E-state index is 0.000361. The van der Waals surface area contributed by atoms with Crippen LogP contribution in [0.1, 0.15) is 124 Å². The highest BCUT2D eigenvalue weighted by atomic mass is 32.2. The molecule has 5 heterocycles. The number of aliphatic hydroxyl groups is 1. The molecule has 3 aromatic carbocycles. The van der Waals surface area contributed by atoms with Gasteiger partial charge in [-0.3, -0.25) is 14.6 Å². The largest absolute Gasteiger partial charge is 0.629 e. The number of hydrogen-bond acceptors (Lipinski definition) is 14. The van der Waals surface area contributed by atoms with Crippen molar-refractivity contribution < 1.29 is 37.2 Å². The Morgan fingerprint density at radius 2 is 1.76 bits per heavy atom. The van der Waals surface area contributed by atoms with E-state index in [-0.39, 0.29) is 74.4 Å². The summed E-state index contributed by atoms with van der Waals surface area (Å²) in [5.41, 5.74) is 5.05. The van der Waals surface area contributed by atoms with Crippen LogP contribution in [0, 0.1) is 33.7 Å². The Morgan fingerprint density at radius 3 is 2.46 bits per heavy atom. The molecule has 10 rings (SSSR count). The minimum Gasteiger partial charge on any atom is -0.629 e. The normalized spacial score (nSPS) is 21.5. The lowest BCUT2D eigenvalue weighted by atomic mass is 9.59. The molecule has 4 fully saturated rings. The highest BCUT2D eigenvalue weighted by molar-refractivity contribution is 7.90. The number of nitriles is 1. The molecule has 2 atom stereocenters. The van der Waals surface area contributed by atoms with Gasteiger partial charge in [0.25, 0.3) is 21.8 Å². The van der Waals surface area contributed by atoms with Crippen LogP contribution in [0.2, 0.25) is 0 Å². The molecule has 0 radical (unpaired) electrons. The van der Waals surface area contributed by atoms with Gasteiger partial charge in [-0.2, -0.15) is 10.2 Å². The van der Waals surface area contributed by atoms with Gasteiger partial charge >= 0.3 is 0 Å². The molecule has 1 spiro atoms. The van der Waals surface area contributed by atoms with Crippen LogP contribution in [-0.4, -0.2) is 109 Å². The standard InChI is InChI=1S/C59H71FN10O7S/c1-6-76-57-53(29-48-49(60)35-64-54(48)65-57)77-52-27-42(15-16-47(52)56(71)66-78(74,75)44-28-50(67(5)73)55(63-34-44)62-33-40-17-19-58(4,72)20-18-40)69-23-21-59(22-24-69)30-43(31-59)70-26-25-68(36-41-13-11-39(32-61)12-14-41)37-51(70)46-10-8-7-9-45(46)38(2)3/h7-16,27-29,34-35,38,40,43,51,67,72H,6,17-26,30-31,33,36-37H2,1-5H3,(H,62,63)(H,64,65)(H,66,71)/t40?,51-,58?/m0/s1. The Bertz CT molecular complexity index is 3280. The Balaban J connectivity index is 0.863. The third-order valence-electron chi connectivity index (χ3n) is 16.7. The number of pyridine rings is 2. The molecule has 1 amide bonds. The number of carbonyl (C=O) groups excluding carboxylic acids is 1. The van der Waals surface area contributed by atoms with Crippen LogP contribution in [0.25, 0.3) is 11.0 Å². The molecule has 6 aromatic rings. The van der Waals surface area contributed by atoms with Crippen molar-refractivity contribution >= 4 is 44.2 Å². The van der Waals surface area contributed by atoms with Crippen molar-refractivity contribution in [1.29, 1.82) is 5.26 Å². The van der Waals surface area contributed by atoms with E-state index in [2.05, 4.69) is 96.0 Å². The molecule has 78 heavy (non-hydrogen) atoms. The molecule has 412 valence electrons. The summed E-state index contributed by atoms with van der Waals surface area (Å²) in [5.74, 6) is -0.641. The number of halogens is 1. The SMILES string of the molecule is CCOc1nc2[nH]cc(F)c2cc1Oc1cc(N2CCC3(CC2)CC(N2CCN(Cc4ccc(C#N)cc4)C[C@H]2c2ccccc2C(C)C)C3)ccc1C(=O)NS(=O)(=O)c1cnc(NCC2CCC(C)(O)CC2)c([NH+](C)[O-])c1. The van der Waals surface area contributed by atoms with Crippen LogP contribution in [0.4, 0.5) is 21.6 Å². The number of carbonyl (C=O) groups is 1. The van der Waals surface area contributed by atoms with E-state index in [1.807, 2.05) is 19.1 Å². The first kappa shape index (κ1) is 54.7. The minimum atomic E-state index is -4.60. The van der Waals surface area contributed by atoms with E-state index < -0.39 is 32.4 Å². The Labute approximate surface area is 456 Å². The number of piperazine rings is 1. The number of fused-ring (bicyclic) bond motifs is 1. The second-order valence-electron chi connectivity index (χ2n) is 22.5. The average molecular weight is 1080 g/mol. The lowest BCUT2D eigenvalue weighted by Crippen LogP contribution is -2.98. The van der Waals surface area contributed by atoms with Gasteiger partial charge in [0.15, 0.2) is 17.3 Å². The van der Waals surface area contributed by atoms with Gasteiger partial charge in [0.2, 0.25) is 0 Å². The number of anilines is 2. The summed E-state index contributed by atoms with van der Waals surface area (Å²) in [5, 5.41) is 35.6. The first-order valence-electron chi connectivity index (χ1n) is 27.4. The number of H-pyrrole nitrogens is 1. The maximum Gasteiger partial charge on any atom is 0.268 e. The zero-order valence-corrected chi connectivity index (χ0v) is 46.0. The van der Waals surface area contributed by atoms with E-state index in [1.165, 1.54) is 48.1 Å². The molecule has 17 nitrogen and oxygen atoms in total. The van der Waals surface area contributed by atoms with Crippen LogP contribution >= 0.6 is 0 Å². The van der Waals surface area contributed by atoms with E-state index in [4.69, 9.17) is 9.47 Å². The number of sulfonamides is 1. The van der Waals surface area contributed by atoms with Gasteiger partial charge in [-0.15, -0.1) is 0 Å². The van der Waals surface area contributed by atoms with Gasteiger partial charge in [-0.25, -0.2) is 22.5 Å². The molecule has 0 bridgehead atoms. The topological polar surface area (TPSA) is 217 Å². The van der Waals surface area contributed by atoms with Crippen molar-refractivity contribution in [2.45, 2.75) is 114 Å². The quantitative estimate of drug-likeness (QED) is 0.0540. The molecule has 2 aliphatic heterocycles. The Hall–Kier alpha value is -6.66. The number of hydroxylamine groups is 1. The monoisotopic (exact) mass is 1080 g/mol. The van der Waals surface area contributed by atoms with Gasteiger partial charge in [-0.05, 0) is 123 Å². The average Bonchev–Trinajstić information content (AvgIpc) is 3.86. The number of aromatic nitrogens is 3. The molecule has 1 unspecified atom stereocenters. The molecule has 4 aliphatic rings. The lowest BCUT2D eigenvalue weighted by Gasteiger charge is -2.58. The van der Waals surface area contributed by atoms with Gasteiger partial charge < -0.3 is 40.1 Å². The second-order valence-corrected chi connectivity index (χ2v) is 24.2. The fourth-order valence-electron chi connectivity index (χ4n) is 12.2. The van der Waals surface area contributed by atoms with Crippen molar-refractivity contribution in [3.63, 3.8) is 0 Å². The van der Waals surface area contributed by atoms with Crippen molar-refractivity contribution in [2.75, 3.05) is 63.1 Å². The maximum absolute atomic E-state index is 15.0. The lowest BCUT2D eigenvalue weighted by molar-refractivity contribution is -0.751. The van der Waals surface area contributed by atoms with Gasteiger partial charge in [0.05, 0.1) is 48.0 Å². The Kier molecular flexibility index (Phi) is 15.8. The highest BCUT2D eigenvalue weighted by Gasteiger charge is 2.50. The fourth-order valence-corrected chi connectivity index (χ4v) is 13.1. The van der Waals surface area contributed by atoms with Gasteiger partial charge in [0.1, 0.15) is 22.1 Å². The molecule has 19 heteroatoms. The third-order valence-corrected chi connectivity index (χ3v) is 18.0. The number of nitrogens with one attached hydrogen (secondary N) is 4. The number of nitrogens with zero attached hydrogens (tertiary/aromatic N) is 6. The van der Waals surface area contributed by atoms with Crippen molar-refractivity contribution in [3.8, 4) is 23.4 Å². The second kappa shape index (κ2) is 22.6. The van der Waals surface area contributed by atoms with Crippen molar-refractivity contribution in [1.82, 2.24) is 29.5 Å². The number of hydrogen-bond donors (Lipinski definition) is 5. The summed E-state index contributed by atoms with van der Waals surface area (Å²) < 4.78 is 57.6. The van der Waals surface area contributed by atoms with Crippen LogP contribution < -0.4 is 29.5 Å².